The second-order valence-electron chi connectivity index (χ2n) is 4.51. The first-order valence-corrected chi connectivity index (χ1v) is 5.84. The summed E-state index contributed by atoms with van der Waals surface area (Å²) in [6.07, 6.45) is 0.780. The van der Waals surface area contributed by atoms with E-state index in [1.165, 1.54) is 11.3 Å². The first-order valence-electron chi connectivity index (χ1n) is 5.84. The Balaban J connectivity index is 2.76. The van der Waals surface area contributed by atoms with Gasteiger partial charge in [-0.2, -0.15) is 5.10 Å². The molecule has 2 unspecified atom stereocenters. The van der Waals surface area contributed by atoms with E-state index >= 15 is 0 Å². The maximum atomic E-state index is 8.88. The molecule has 16 heavy (non-hydrogen) atoms. The van der Waals surface area contributed by atoms with Crippen molar-refractivity contribution in [3.63, 3.8) is 0 Å². The van der Waals surface area contributed by atoms with E-state index in [1.54, 1.807) is 0 Å². The van der Waals surface area contributed by atoms with Crippen molar-refractivity contribution in [3.05, 3.63) is 17.0 Å². The lowest BCUT2D eigenvalue weighted by molar-refractivity contribution is 0.264. The van der Waals surface area contributed by atoms with Crippen LogP contribution in [0.3, 0.4) is 0 Å². The fourth-order valence-corrected chi connectivity index (χ4v) is 2.20. The van der Waals surface area contributed by atoms with Gasteiger partial charge in [0.2, 0.25) is 0 Å². The average Bonchev–Trinajstić information content (AvgIpc) is 2.41. The van der Waals surface area contributed by atoms with E-state index in [4.69, 9.17) is 5.11 Å². The monoisotopic (exact) mass is 225 g/mol. The van der Waals surface area contributed by atoms with Crippen molar-refractivity contribution in [1.29, 1.82) is 0 Å². The Hall–Kier alpha value is -0.870. The molecule has 1 aromatic heterocycles. The molecule has 0 aliphatic carbocycles. The van der Waals surface area contributed by atoms with Crippen LogP contribution in [-0.2, 0) is 7.05 Å². The SMILES string of the molecule is Cc1nn(C)c(C)c1C(C)NC(C)CCO. The van der Waals surface area contributed by atoms with Crippen molar-refractivity contribution in [2.75, 3.05) is 6.61 Å². The normalized spacial score (nSPS) is 15.1. The van der Waals surface area contributed by atoms with Crippen LogP contribution in [0.15, 0.2) is 0 Å². The van der Waals surface area contributed by atoms with E-state index in [-0.39, 0.29) is 12.6 Å². The summed E-state index contributed by atoms with van der Waals surface area (Å²) in [5.41, 5.74) is 3.55. The third kappa shape index (κ3) is 2.83. The van der Waals surface area contributed by atoms with Crippen LogP contribution >= 0.6 is 0 Å². The van der Waals surface area contributed by atoms with Crippen molar-refractivity contribution < 1.29 is 5.11 Å². The molecule has 92 valence electrons. The number of rotatable bonds is 5. The number of hydrogen-bond donors (Lipinski definition) is 2. The molecule has 4 nitrogen and oxygen atoms in total. The minimum absolute atomic E-state index is 0.228. The molecule has 0 saturated heterocycles. The first kappa shape index (κ1) is 13.2. The average molecular weight is 225 g/mol. The van der Waals surface area contributed by atoms with Crippen molar-refractivity contribution in [2.24, 2.45) is 7.05 Å². The maximum absolute atomic E-state index is 8.88. The number of aryl methyl sites for hydroxylation is 2. The molecule has 0 amide bonds. The summed E-state index contributed by atoms with van der Waals surface area (Å²) in [6.45, 7) is 8.59. The van der Waals surface area contributed by atoms with E-state index in [1.807, 2.05) is 18.7 Å². The summed E-state index contributed by atoms with van der Waals surface area (Å²) in [7, 11) is 1.97. The van der Waals surface area contributed by atoms with Gasteiger partial charge >= 0.3 is 0 Å². The molecule has 1 aromatic rings. The molecule has 0 spiro atoms. The molecule has 4 heteroatoms. The highest BCUT2D eigenvalue weighted by molar-refractivity contribution is 5.27. The lowest BCUT2D eigenvalue weighted by atomic mass is 10.1. The number of nitrogens with zero attached hydrogens (tertiary/aromatic N) is 2. The van der Waals surface area contributed by atoms with Crippen LogP contribution in [0.25, 0.3) is 0 Å². The predicted octanol–water partition coefficient (Wildman–Crippen LogP) is 1.46. The Bertz CT molecular complexity index is 346. The minimum atomic E-state index is 0.228. The van der Waals surface area contributed by atoms with Crippen LogP contribution in [0.1, 0.15) is 43.3 Å². The van der Waals surface area contributed by atoms with Crippen molar-refractivity contribution in [3.8, 4) is 0 Å². The van der Waals surface area contributed by atoms with Crippen LogP contribution in [0.5, 0.6) is 0 Å². The summed E-state index contributed by atoms with van der Waals surface area (Å²) < 4.78 is 1.92. The van der Waals surface area contributed by atoms with Crippen molar-refractivity contribution in [1.82, 2.24) is 15.1 Å². The van der Waals surface area contributed by atoms with Gasteiger partial charge in [-0.05, 0) is 34.1 Å². The van der Waals surface area contributed by atoms with E-state index in [2.05, 4.69) is 31.2 Å². The quantitative estimate of drug-likeness (QED) is 0.797. The first-order chi connectivity index (χ1) is 7.47. The molecular weight excluding hydrogens is 202 g/mol. The number of aliphatic hydroxyl groups excluding tert-OH is 1. The van der Waals surface area contributed by atoms with Crippen LogP contribution < -0.4 is 5.32 Å². The summed E-state index contributed by atoms with van der Waals surface area (Å²) in [4.78, 5) is 0. The molecule has 2 atom stereocenters. The standard InChI is InChI=1S/C12H23N3O/c1-8(6-7-16)13-9(2)12-10(3)14-15(5)11(12)4/h8-9,13,16H,6-7H2,1-5H3. The van der Waals surface area contributed by atoms with Gasteiger partial charge in [-0.3, -0.25) is 4.68 Å². The summed E-state index contributed by atoms with van der Waals surface area (Å²) in [5.74, 6) is 0. The Morgan fingerprint density at radius 3 is 2.44 bits per heavy atom. The third-order valence-electron chi connectivity index (χ3n) is 3.09. The van der Waals surface area contributed by atoms with Gasteiger partial charge in [0.1, 0.15) is 0 Å². The van der Waals surface area contributed by atoms with Gasteiger partial charge in [-0.15, -0.1) is 0 Å². The van der Waals surface area contributed by atoms with Crippen molar-refractivity contribution in [2.45, 2.75) is 46.2 Å². The largest absolute Gasteiger partial charge is 0.396 e. The van der Waals surface area contributed by atoms with E-state index in [9.17, 15) is 0 Å². The van der Waals surface area contributed by atoms with Gasteiger partial charge in [0.05, 0.1) is 5.69 Å². The zero-order valence-electron chi connectivity index (χ0n) is 10.9. The molecule has 1 heterocycles. The van der Waals surface area contributed by atoms with Gasteiger partial charge in [0.25, 0.3) is 0 Å². The summed E-state index contributed by atoms with van der Waals surface area (Å²) in [6, 6.07) is 0.592. The lowest BCUT2D eigenvalue weighted by Gasteiger charge is -2.20. The summed E-state index contributed by atoms with van der Waals surface area (Å²) in [5, 5.41) is 16.8. The molecule has 0 bridgehead atoms. The molecule has 0 aliphatic heterocycles. The zero-order valence-corrected chi connectivity index (χ0v) is 10.9. The van der Waals surface area contributed by atoms with Crippen LogP contribution in [-0.4, -0.2) is 27.5 Å². The fraction of sp³-hybridized carbons (Fsp3) is 0.750. The molecule has 2 N–H and O–H groups in total. The van der Waals surface area contributed by atoms with Crippen molar-refractivity contribution >= 4 is 0 Å². The minimum Gasteiger partial charge on any atom is -0.396 e. The highest BCUT2D eigenvalue weighted by Gasteiger charge is 2.17. The Morgan fingerprint density at radius 1 is 1.38 bits per heavy atom. The molecular formula is C12H23N3O. The number of aromatic nitrogens is 2. The van der Waals surface area contributed by atoms with Gasteiger partial charge in [0.15, 0.2) is 0 Å². The molecule has 1 rings (SSSR count). The van der Waals surface area contributed by atoms with Gasteiger partial charge in [-0.25, -0.2) is 0 Å². The van der Waals surface area contributed by atoms with Gasteiger partial charge in [-0.1, -0.05) is 0 Å². The van der Waals surface area contributed by atoms with E-state index in [0.717, 1.165) is 12.1 Å². The smallest absolute Gasteiger partial charge is 0.0644 e. The van der Waals surface area contributed by atoms with E-state index < -0.39 is 0 Å². The van der Waals surface area contributed by atoms with Crippen LogP contribution in [0.4, 0.5) is 0 Å². The molecule has 0 fully saturated rings. The van der Waals surface area contributed by atoms with Gasteiger partial charge < -0.3 is 10.4 Å². The Labute approximate surface area is 97.7 Å². The molecule has 0 aliphatic rings. The Morgan fingerprint density at radius 2 is 2.00 bits per heavy atom. The number of hydrogen-bond acceptors (Lipinski definition) is 3. The zero-order chi connectivity index (χ0) is 12.3. The summed E-state index contributed by atoms with van der Waals surface area (Å²) >= 11 is 0. The van der Waals surface area contributed by atoms with Crippen LogP contribution in [0.2, 0.25) is 0 Å². The van der Waals surface area contributed by atoms with E-state index in [0.29, 0.717) is 6.04 Å². The second kappa shape index (κ2) is 5.46. The highest BCUT2D eigenvalue weighted by atomic mass is 16.3. The number of nitrogens with one attached hydrogen (secondary N) is 1. The molecule has 0 aromatic carbocycles. The molecule has 0 radical (unpaired) electrons. The van der Waals surface area contributed by atoms with Crippen LogP contribution in [0, 0.1) is 13.8 Å². The lowest BCUT2D eigenvalue weighted by Crippen LogP contribution is -2.30. The predicted molar refractivity (Wildman–Crippen MR) is 65.4 cm³/mol. The number of aliphatic hydroxyl groups is 1. The fourth-order valence-electron chi connectivity index (χ4n) is 2.20. The molecule has 0 saturated carbocycles. The Kier molecular flexibility index (Phi) is 4.50. The maximum Gasteiger partial charge on any atom is 0.0644 e. The highest BCUT2D eigenvalue weighted by Crippen LogP contribution is 2.21. The topological polar surface area (TPSA) is 50.1 Å². The van der Waals surface area contributed by atoms with Gasteiger partial charge in [0, 0.05) is 37.0 Å². The third-order valence-corrected chi connectivity index (χ3v) is 3.09. The second-order valence-corrected chi connectivity index (χ2v) is 4.51.